The van der Waals surface area contributed by atoms with Gasteiger partial charge in [-0.15, -0.1) is 0 Å². The SMILES string of the molecule is Cc1ccc(CNC(=O)Cn2c(C)c(Cl)nc(NNC(=O)OCc3ccccc3)c2=O)c(C)n1. The minimum Gasteiger partial charge on any atom is -0.443 e. The van der Waals surface area contributed by atoms with Crippen LogP contribution in [0, 0.1) is 20.8 Å². The number of aryl methyl sites for hydroxylation is 2. The van der Waals surface area contributed by atoms with Gasteiger partial charge in [0, 0.05) is 17.9 Å². The number of hydrogen-bond donors (Lipinski definition) is 3. The maximum Gasteiger partial charge on any atom is 0.426 e. The lowest BCUT2D eigenvalue weighted by molar-refractivity contribution is -0.121. The van der Waals surface area contributed by atoms with E-state index in [2.05, 4.69) is 26.1 Å². The number of nitrogens with one attached hydrogen (secondary N) is 3. The summed E-state index contributed by atoms with van der Waals surface area (Å²) in [4.78, 5) is 45.6. The normalized spacial score (nSPS) is 10.5. The van der Waals surface area contributed by atoms with Gasteiger partial charge in [-0.05, 0) is 38.0 Å². The number of halogens is 1. The van der Waals surface area contributed by atoms with Crippen LogP contribution in [0.4, 0.5) is 10.6 Å². The van der Waals surface area contributed by atoms with Crippen molar-refractivity contribution >= 4 is 29.4 Å². The third kappa shape index (κ3) is 6.55. The second kappa shape index (κ2) is 11.3. The first-order valence-electron chi connectivity index (χ1n) is 10.4. The second-order valence-electron chi connectivity index (χ2n) is 7.51. The van der Waals surface area contributed by atoms with Gasteiger partial charge in [0.25, 0.3) is 5.56 Å². The van der Waals surface area contributed by atoms with E-state index in [4.69, 9.17) is 16.3 Å². The standard InChI is InChI=1S/C23H25ClN6O4/c1-14-9-10-18(15(2)26-14)11-25-19(31)12-30-16(3)20(24)27-21(22(30)32)28-29-23(33)34-13-17-7-5-4-6-8-17/h4-10H,11-13H2,1-3H3,(H,25,31)(H,27,28)(H,29,33). The molecule has 0 aliphatic carbocycles. The van der Waals surface area contributed by atoms with Crippen LogP contribution < -0.4 is 21.7 Å². The van der Waals surface area contributed by atoms with Gasteiger partial charge in [-0.25, -0.2) is 15.2 Å². The van der Waals surface area contributed by atoms with E-state index in [1.54, 1.807) is 6.92 Å². The summed E-state index contributed by atoms with van der Waals surface area (Å²) in [5.41, 5.74) is 7.71. The zero-order chi connectivity index (χ0) is 24.7. The van der Waals surface area contributed by atoms with Crippen LogP contribution in [-0.4, -0.2) is 26.5 Å². The average Bonchev–Trinajstić information content (AvgIpc) is 2.82. The number of pyridine rings is 1. The first-order chi connectivity index (χ1) is 16.2. The van der Waals surface area contributed by atoms with E-state index in [0.717, 1.165) is 22.5 Å². The van der Waals surface area contributed by atoms with Gasteiger partial charge < -0.3 is 10.1 Å². The molecule has 0 saturated heterocycles. The highest BCUT2D eigenvalue weighted by Gasteiger charge is 2.16. The highest BCUT2D eigenvalue weighted by Crippen LogP contribution is 2.12. The fourth-order valence-corrected chi connectivity index (χ4v) is 3.24. The van der Waals surface area contributed by atoms with Gasteiger partial charge in [0.1, 0.15) is 13.2 Å². The fraction of sp³-hybridized carbons (Fsp3) is 0.261. The fourth-order valence-electron chi connectivity index (χ4n) is 3.06. The molecular weight excluding hydrogens is 460 g/mol. The van der Waals surface area contributed by atoms with Crippen molar-refractivity contribution in [3.05, 3.63) is 86.2 Å². The zero-order valence-corrected chi connectivity index (χ0v) is 19.8. The number of amides is 2. The number of rotatable bonds is 8. The molecule has 0 saturated carbocycles. The Morgan fingerprint density at radius 2 is 1.79 bits per heavy atom. The van der Waals surface area contributed by atoms with Crippen LogP contribution in [0.1, 0.15) is 28.2 Å². The van der Waals surface area contributed by atoms with Crippen molar-refractivity contribution in [1.29, 1.82) is 0 Å². The number of ether oxygens (including phenoxy) is 1. The van der Waals surface area contributed by atoms with Gasteiger partial charge in [0.2, 0.25) is 11.7 Å². The molecule has 0 spiro atoms. The third-order valence-corrected chi connectivity index (χ3v) is 5.33. The van der Waals surface area contributed by atoms with Gasteiger partial charge in [0.05, 0.1) is 5.69 Å². The average molecular weight is 485 g/mol. The Kier molecular flexibility index (Phi) is 8.20. The first-order valence-corrected chi connectivity index (χ1v) is 10.8. The molecule has 0 atom stereocenters. The number of hydrogen-bond acceptors (Lipinski definition) is 7. The molecule has 34 heavy (non-hydrogen) atoms. The molecule has 1 aromatic carbocycles. The van der Waals surface area contributed by atoms with E-state index in [1.165, 1.54) is 4.57 Å². The summed E-state index contributed by atoms with van der Waals surface area (Å²) in [6.45, 7) is 5.37. The number of anilines is 1. The summed E-state index contributed by atoms with van der Waals surface area (Å²) in [5, 5.41) is 2.78. The van der Waals surface area contributed by atoms with Gasteiger partial charge in [0.15, 0.2) is 5.15 Å². The Bertz CT molecular complexity index is 1250. The molecule has 3 rings (SSSR count). The molecule has 3 N–H and O–H groups in total. The van der Waals surface area contributed by atoms with E-state index < -0.39 is 17.6 Å². The van der Waals surface area contributed by atoms with Crippen molar-refractivity contribution in [3.8, 4) is 0 Å². The highest BCUT2D eigenvalue weighted by atomic mass is 35.5. The Morgan fingerprint density at radius 3 is 2.50 bits per heavy atom. The van der Waals surface area contributed by atoms with Gasteiger partial charge in [-0.1, -0.05) is 48.0 Å². The Labute approximate surface area is 201 Å². The molecule has 178 valence electrons. The number of carbonyl (C=O) groups is 2. The zero-order valence-electron chi connectivity index (χ0n) is 19.0. The minimum absolute atomic E-state index is 0.00734. The molecule has 3 aromatic rings. The van der Waals surface area contributed by atoms with E-state index in [9.17, 15) is 14.4 Å². The van der Waals surface area contributed by atoms with Gasteiger partial charge in [-0.3, -0.25) is 24.6 Å². The van der Waals surface area contributed by atoms with Crippen molar-refractivity contribution in [2.75, 3.05) is 5.43 Å². The van der Waals surface area contributed by atoms with E-state index in [1.807, 2.05) is 56.3 Å². The van der Waals surface area contributed by atoms with E-state index in [0.29, 0.717) is 5.69 Å². The quantitative estimate of drug-likeness (QED) is 0.419. The Hall–Kier alpha value is -3.92. The van der Waals surface area contributed by atoms with Gasteiger partial charge >= 0.3 is 6.09 Å². The predicted molar refractivity (Wildman–Crippen MR) is 127 cm³/mol. The van der Waals surface area contributed by atoms with Crippen LogP contribution in [0.3, 0.4) is 0 Å². The van der Waals surface area contributed by atoms with Crippen molar-refractivity contribution < 1.29 is 14.3 Å². The number of benzene rings is 1. The molecular formula is C23H25ClN6O4. The summed E-state index contributed by atoms with van der Waals surface area (Å²) in [6, 6.07) is 12.9. The maximum atomic E-state index is 12.8. The molecule has 0 aliphatic heterocycles. The number of aromatic nitrogens is 3. The second-order valence-corrected chi connectivity index (χ2v) is 7.87. The summed E-state index contributed by atoms with van der Waals surface area (Å²) in [6.07, 6.45) is -0.812. The molecule has 10 nitrogen and oxygen atoms in total. The monoisotopic (exact) mass is 484 g/mol. The van der Waals surface area contributed by atoms with Crippen LogP contribution in [-0.2, 0) is 29.2 Å². The van der Waals surface area contributed by atoms with Crippen molar-refractivity contribution in [2.24, 2.45) is 0 Å². The smallest absolute Gasteiger partial charge is 0.426 e. The minimum atomic E-state index is -0.812. The van der Waals surface area contributed by atoms with Crippen LogP contribution in [0.2, 0.25) is 5.15 Å². The molecule has 0 bridgehead atoms. The Morgan fingerprint density at radius 1 is 1.06 bits per heavy atom. The molecule has 2 aromatic heterocycles. The number of hydrazine groups is 1. The van der Waals surface area contributed by atoms with Crippen molar-refractivity contribution in [2.45, 2.75) is 40.5 Å². The summed E-state index contributed by atoms with van der Waals surface area (Å²) in [5.74, 6) is -0.646. The van der Waals surface area contributed by atoms with Crippen LogP contribution >= 0.6 is 11.6 Å². The van der Waals surface area contributed by atoms with Crippen LogP contribution in [0.25, 0.3) is 0 Å². The molecule has 0 fully saturated rings. The molecule has 0 aliphatic rings. The summed E-state index contributed by atoms with van der Waals surface area (Å²) in [7, 11) is 0. The van der Waals surface area contributed by atoms with E-state index in [-0.39, 0.29) is 30.7 Å². The summed E-state index contributed by atoms with van der Waals surface area (Å²) >= 11 is 6.14. The lowest BCUT2D eigenvalue weighted by Gasteiger charge is -2.14. The largest absolute Gasteiger partial charge is 0.443 e. The lowest BCUT2D eigenvalue weighted by Crippen LogP contribution is -2.38. The third-order valence-electron chi connectivity index (χ3n) is 4.97. The highest BCUT2D eigenvalue weighted by molar-refractivity contribution is 6.30. The first kappa shape index (κ1) is 24.7. The molecule has 2 amide bonds. The molecule has 0 unspecified atom stereocenters. The summed E-state index contributed by atoms with van der Waals surface area (Å²) < 4.78 is 6.25. The molecule has 11 heteroatoms. The van der Waals surface area contributed by atoms with E-state index >= 15 is 0 Å². The lowest BCUT2D eigenvalue weighted by atomic mass is 10.2. The molecule has 0 radical (unpaired) electrons. The van der Waals surface area contributed by atoms with Crippen LogP contribution in [0.15, 0.2) is 47.3 Å². The van der Waals surface area contributed by atoms with Crippen molar-refractivity contribution in [3.63, 3.8) is 0 Å². The predicted octanol–water partition coefficient (Wildman–Crippen LogP) is 2.79. The molecule has 2 heterocycles. The number of carbonyl (C=O) groups excluding carboxylic acids is 2. The topological polar surface area (TPSA) is 127 Å². The Balaban J connectivity index is 1.62. The maximum absolute atomic E-state index is 12.8. The number of nitrogens with zero attached hydrogens (tertiary/aromatic N) is 3. The van der Waals surface area contributed by atoms with Crippen molar-refractivity contribution in [1.82, 2.24) is 25.3 Å². The van der Waals surface area contributed by atoms with Gasteiger partial charge in [-0.2, -0.15) is 0 Å². The van der Waals surface area contributed by atoms with Crippen LogP contribution in [0.5, 0.6) is 0 Å².